The molecule has 2 nitrogen and oxygen atoms in total. The van der Waals surface area contributed by atoms with E-state index in [4.69, 9.17) is 5.10 Å². The normalized spacial score (nSPS) is 17.8. The Balaban J connectivity index is 2.02. The molecule has 0 N–H and O–H groups in total. The van der Waals surface area contributed by atoms with Gasteiger partial charge in [0.15, 0.2) is 0 Å². The fourth-order valence-corrected chi connectivity index (χ4v) is 3.51. The van der Waals surface area contributed by atoms with Gasteiger partial charge >= 0.3 is 0 Å². The third-order valence-corrected chi connectivity index (χ3v) is 4.89. The molecule has 1 unspecified atom stereocenters. The lowest BCUT2D eigenvalue weighted by molar-refractivity contribution is 0.487. The predicted octanol–water partition coefficient (Wildman–Crippen LogP) is 5.07. The molecule has 0 saturated carbocycles. The number of aryl methyl sites for hydroxylation is 1. The molecule has 1 aliphatic rings. The van der Waals surface area contributed by atoms with Crippen LogP contribution in [-0.2, 0) is 19.3 Å². The second kappa shape index (κ2) is 6.28. The zero-order valence-corrected chi connectivity index (χ0v) is 14.4. The molecule has 0 saturated heterocycles. The van der Waals surface area contributed by atoms with E-state index in [1.165, 1.54) is 47.5 Å². The minimum atomic E-state index is 0.580. The summed E-state index contributed by atoms with van der Waals surface area (Å²) in [4.78, 5) is 0. The number of aromatic nitrogens is 2. The molecule has 1 aromatic carbocycles. The van der Waals surface area contributed by atoms with Gasteiger partial charge < -0.3 is 0 Å². The van der Waals surface area contributed by atoms with Gasteiger partial charge in [-0.2, -0.15) is 5.10 Å². The number of benzene rings is 1. The molecule has 1 atom stereocenters. The van der Waals surface area contributed by atoms with Crippen molar-refractivity contribution in [2.45, 2.75) is 65.7 Å². The van der Waals surface area contributed by atoms with Gasteiger partial charge in [-0.25, -0.2) is 4.68 Å². The van der Waals surface area contributed by atoms with E-state index in [2.05, 4.69) is 56.6 Å². The van der Waals surface area contributed by atoms with Crippen LogP contribution in [0.25, 0.3) is 5.69 Å². The number of rotatable bonds is 4. The SMILES string of the molecule is CCCc1nn(-c2ccc(C(C)C)cc2)c2c1CCC(C)C2. The van der Waals surface area contributed by atoms with E-state index in [-0.39, 0.29) is 0 Å². The first-order valence-electron chi connectivity index (χ1n) is 8.80. The largest absolute Gasteiger partial charge is 0.237 e. The van der Waals surface area contributed by atoms with Gasteiger partial charge in [-0.05, 0) is 60.8 Å². The maximum Gasteiger partial charge on any atom is 0.0663 e. The molecule has 1 aromatic heterocycles. The van der Waals surface area contributed by atoms with Crippen LogP contribution in [0.1, 0.15) is 69.0 Å². The van der Waals surface area contributed by atoms with E-state index in [0.29, 0.717) is 5.92 Å². The van der Waals surface area contributed by atoms with E-state index < -0.39 is 0 Å². The average molecular weight is 296 g/mol. The van der Waals surface area contributed by atoms with E-state index in [9.17, 15) is 0 Å². The molecule has 1 heterocycles. The smallest absolute Gasteiger partial charge is 0.0663 e. The van der Waals surface area contributed by atoms with Crippen molar-refractivity contribution < 1.29 is 0 Å². The second-order valence-corrected chi connectivity index (χ2v) is 7.13. The Bertz CT molecular complexity index is 634. The fraction of sp³-hybridized carbons (Fsp3) is 0.550. The summed E-state index contributed by atoms with van der Waals surface area (Å²) in [7, 11) is 0. The molecule has 118 valence electrons. The van der Waals surface area contributed by atoms with Crippen molar-refractivity contribution in [1.29, 1.82) is 0 Å². The van der Waals surface area contributed by atoms with E-state index >= 15 is 0 Å². The Morgan fingerprint density at radius 3 is 2.59 bits per heavy atom. The second-order valence-electron chi connectivity index (χ2n) is 7.13. The van der Waals surface area contributed by atoms with Gasteiger partial charge in [0.2, 0.25) is 0 Å². The van der Waals surface area contributed by atoms with E-state index in [0.717, 1.165) is 18.8 Å². The van der Waals surface area contributed by atoms with Crippen molar-refractivity contribution in [3.8, 4) is 5.69 Å². The quantitative estimate of drug-likeness (QED) is 0.770. The van der Waals surface area contributed by atoms with Crippen LogP contribution in [0, 0.1) is 5.92 Å². The Morgan fingerprint density at radius 2 is 1.95 bits per heavy atom. The monoisotopic (exact) mass is 296 g/mol. The maximum atomic E-state index is 4.98. The molecule has 3 rings (SSSR count). The maximum absolute atomic E-state index is 4.98. The molecule has 0 fully saturated rings. The molecule has 22 heavy (non-hydrogen) atoms. The summed E-state index contributed by atoms with van der Waals surface area (Å²) < 4.78 is 2.22. The Labute approximate surface area is 134 Å². The highest BCUT2D eigenvalue weighted by molar-refractivity contribution is 5.41. The highest BCUT2D eigenvalue weighted by Crippen LogP contribution is 2.30. The van der Waals surface area contributed by atoms with E-state index in [1.54, 1.807) is 0 Å². The third-order valence-electron chi connectivity index (χ3n) is 4.89. The van der Waals surface area contributed by atoms with Gasteiger partial charge in [0.25, 0.3) is 0 Å². The molecule has 0 radical (unpaired) electrons. The van der Waals surface area contributed by atoms with Crippen molar-refractivity contribution in [3.63, 3.8) is 0 Å². The zero-order valence-electron chi connectivity index (χ0n) is 14.4. The lowest BCUT2D eigenvalue weighted by Gasteiger charge is -2.20. The number of hydrogen-bond donors (Lipinski definition) is 0. The first-order chi connectivity index (χ1) is 10.6. The van der Waals surface area contributed by atoms with Crippen LogP contribution in [0.5, 0.6) is 0 Å². The lowest BCUT2D eigenvalue weighted by Crippen LogP contribution is -2.14. The van der Waals surface area contributed by atoms with Gasteiger partial charge in [-0.3, -0.25) is 0 Å². The van der Waals surface area contributed by atoms with Crippen molar-refractivity contribution in [2.24, 2.45) is 5.92 Å². The molecule has 2 aromatic rings. The van der Waals surface area contributed by atoms with Crippen LogP contribution >= 0.6 is 0 Å². The van der Waals surface area contributed by atoms with Crippen molar-refractivity contribution in [2.75, 3.05) is 0 Å². The van der Waals surface area contributed by atoms with Crippen molar-refractivity contribution in [3.05, 3.63) is 46.8 Å². The van der Waals surface area contributed by atoms with Gasteiger partial charge in [0.05, 0.1) is 11.4 Å². The summed E-state index contributed by atoms with van der Waals surface area (Å²) in [5, 5.41) is 4.98. The first-order valence-corrected chi connectivity index (χ1v) is 8.80. The molecule has 2 heteroatoms. The Morgan fingerprint density at radius 1 is 1.23 bits per heavy atom. The molecule has 0 bridgehead atoms. The van der Waals surface area contributed by atoms with Gasteiger partial charge in [-0.1, -0.05) is 46.2 Å². The van der Waals surface area contributed by atoms with Crippen LogP contribution in [0.4, 0.5) is 0 Å². The summed E-state index contributed by atoms with van der Waals surface area (Å²) in [5.74, 6) is 1.35. The highest BCUT2D eigenvalue weighted by atomic mass is 15.3. The van der Waals surface area contributed by atoms with Crippen molar-refractivity contribution in [1.82, 2.24) is 9.78 Å². The summed E-state index contributed by atoms with van der Waals surface area (Å²) in [5.41, 5.74) is 6.94. The zero-order chi connectivity index (χ0) is 15.7. The molecule has 1 aliphatic carbocycles. The number of fused-ring (bicyclic) bond motifs is 1. The predicted molar refractivity (Wildman–Crippen MR) is 92.8 cm³/mol. The highest BCUT2D eigenvalue weighted by Gasteiger charge is 2.24. The lowest BCUT2D eigenvalue weighted by atomic mass is 9.87. The standard InChI is InChI=1S/C20H28N2/c1-5-6-19-18-12-7-15(4)13-20(18)22(21-19)17-10-8-16(9-11-17)14(2)3/h8-11,14-15H,5-7,12-13H2,1-4H3. The molecule has 0 aliphatic heterocycles. The van der Waals surface area contributed by atoms with Crippen LogP contribution in [0.3, 0.4) is 0 Å². The summed E-state index contributed by atoms with van der Waals surface area (Å²) in [6.45, 7) is 9.09. The van der Waals surface area contributed by atoms with Crippen LogP contribution in [0.15, 0.2) is 24.3 Å². The topological polar surface area (TPSA) is 17.8 Å². The first kappa shape index (κ1) is 15.3. The molecular weight excluding hydrogens is 268 g/mol. The Hall–Kier alpha value is -1.57. The fourth-order valence-electron chi connectivity index (χ4n) is 3.51. The minimum absolute atomic E-state index is 0.580. The summed E-state index contributed by atoms with van der Waals surface area (Å²) in [6, 6.07) is 8.97. The molecule has 0 spiro atoms. The minimum Gasteiger partial charge on any atom is -0.237 e. The van der Waals surface area contributed by atoms with Crippen LogP contribution < -0.4 is 0 Å². The Kier molecular flexibility index (Phi) is 4.37. The number of hydrogen-bond acceptors (Lipinski definition) is 1. The van der Waals surface area contributed by atoms with Gasteiger partial charge in [0.1, 0.15) is 0 Å². The van der Waals surface area contributed by atoms with Crippen LogP contribution in [-0.4, -0.2) is 9.78 Å². The average Bonchev–Trinajstić information content (AvgIpc) is 2.86. The molecule has 0 amide bonds. The number of nitrogens with zero attached hydrogens (tertiary/aromatic N) is 2. The van der Waals surface area contributed by atoms with E-state index in [1.807, 2.05) is 0 Å². The van der Waals surface area contributed by atoms with Crippen LogP contribution in [0.2, 0.25) is 0 Å². The van der Waals surface area contributed by atoms with Crippen molar-refractivity contribution >= 4 is 0 Å². The summed E-state index contributed by atoms with van der Waals surface area (Å²) in [6.07, 6.45) is 5.95. The molecular formula is C20H28N2. The third kappa shape index (κ3) is 2.84. The van der Waals surface area contributed by atoms with Gasteiger partial charge in [0, 0.05) is 5.69 Å². The summed E-state index contributed by atoms with van der Waals surface area (Å²) >= 11 is 0. The van der Waals surface area contributed by atoms with Gasteiger partial charge in [-0.15, -0.1) is 0 Å².